The Balaban J connectivity index is 2.39. The van der Waals surface area contributed by atoms with Crippen LogP contribution in [0.5, 0.6) is 0 Å². The number of unbranched alkanes of at least 4 members (excludes halogenated alkanes) is 8. The molecular weight excluding hydrogens is 781 g/mol. The van der Waals surface area contributed by atoms with Gasteiger partial charge in [-0.2, -0.15) is 0 Å². The minimum atomic E-state index is -4.41. The van der Waals surface area contributed by atoms with Gasteiger partial charge >= 0.3 is 19.8 Å². The number of ether oxygens (including phenoxy) is 2. The van der Waals surface area contributed by atoms with Crippen molar-refractivity contribution in [1.82, 2.24) is 0 Å². The van der Waals surface area contributed by atoms with Crippen molar-refractivity contribution < 1.29 is 51.6 Å². The predicted octanol–water partition coefficient (Wildman–Crippen LogP) is 11.1. The standard InChI is InChI=1S/C48H80NO10P/c1-8-10-32-43(50)33-27-23-19-15-13-11-12-14-16-21-25-29-35-47(51)55-39-44(40-57-60(53,54)56-38-37-49(5,6)7)58-48(52)36-30-26-22-18-17-20-24-28-34-46-42(4)41(3)45(59-46)31-9-2/h10-12,15-16,19,21,23,27,32,43-44,50H,8-9,13-14,17-18,20,22,24-26,28-31,33-40H2,1-7H3/p+1/b12-11-,19-15-,21-16-,27-23+,32-10-/t43?,44-/m1/s1. The zero-order valence-corrected chi connectivity index (χ0v) is 39.1. The highest BCUT2D eigenvalue weighted by Gasteiger charge is 2.27. The third kappa shape index (κ3) is 30.1. The monoisotopic (exact) mass is 863 g/mol. The number of furan rings is 1. The van der Waals surface area contributed by atoms with Gasteiger partial charge in [0.1, 0.15) is 31.3 Å². The van der Waals surface area contributed by atoms with Gasteiger partial charge in [-0.25, -0.2) is 4.57 Å². The molecule has 60 heavy (non-hydrogen) atoms. The molecule has 1 rings (SSSR count). The zero-order chi connectivity index (χ0) is 44.5. The smallest absolute Gasteiger partial charge is 0.466 e. The SMILES string of the molecule is CC/C=C\C(O)C/C=C/C=C\C/C=C\C/C=C\CCCC(=O)OC[C@H](COP(=O)(O)OCC[N+](C)(C)C)OC(=O)CCCCCCCCCCc1oc(CCC)c(C)c1C. The number of aliphatic hydroxyl groups excluding tert-OH is 1. The summed E-state index contributed by atoms with van der Waals surface area (Å²) >= 11 is 0. The van der Waals surface area contributed by atoms with Crippen LogP contribution in [0.1, 0.15) is 146 Å². The van der Waals surface area contributed by atoms with Gasteiger partial charge in [0.05, 0.1) is 33.9 Å². The highest BCUT2D eigenvalue weighted by atomic mass is 31.2. The number of phosphoric ester groups is 1. The Morgan fingerprint density at radius 3 is 2.00 bits per heavy atom. The van der Waals surface area contributed by atoms with E-state index in [1.807, 2.05) is 70.6 Å². The third-order valence-corrected chi connectivity index (χ3v) is 10.8. The van der Waals surface area contributed by atoms with E-state index in [4.69, 9.17) is 22.9 Å². The molecule has 2 unspecified atom stereocenters. The van der Waals surface area contributed by atoms with Gasteiger partial charge in [-0.3, -0.25) is 18.6 Å². The average molecular weight is 863 g/mol. The lowest BCUT2D eigenvalue weighted by molar-refractivity contribution is -0.870. The van der Waals surface area contributed by atoms with Crippen LogP contribution in [0.15, 0.2) is 65.2 Å². The number of likely N-dealkylation sites (N-methyl/N-ethyl adjacent to an activating group) is 1. The topological polar surface area (TPSA) is 142 Å². The Bertz CT molecular complexity index is 1500. The molecule has 0 aromatic carbocycles. The van der Waals surface area contributed by atoms with Crippen LogP contribution in [0.2, 0.25) is 0 Å². The van der Waals surface area contributed by atoms with Gasteiger partial charge in [-0.1, -0.05) is 113 Å². The van der Waals surface area contributed by atoms with Crippen LogP contribution < -0.4 is 0 Å². The van der Waals surface area contributed by atoms with Crippen molar-refractivity contribution in [3.8, 4) is 0 Å². The van der Waals surface area contributed by atoms with Crippen molar-refractivity contribution in [2.24, 2.45) is 0 Å². The molecule has 0 amide bonds. The van der Waals surface area contributed by atoms with E-state index in [0.29, 0.717) is 36.7 Å². The molecule has 342 valence electrons. The molecule has 3 atom stereocenters. The number of hydrogen-bond acceptors (Lipinski definition) is 9. The van der Waals surface area contributed by atoms with E-state index in [-0.39, 0.29) is 26.1 Å². The molecule has 0 saturated carbocycles. The van der Waals surface area contributed by atoms with E-state index >= 15 is 0 Å². The van der Waals surface area contributed by atoms with Crippen molar-refractivity contribution in [2.45, 2.75) is 162 Å². The summed E-state index contributed by atoms with van der Waals surface area (Å²) in [7, 11) is 1.39. The number of hydrogen-bond donors (Lipinski definition) is 2. The van der Waals surface area contributed by atoms with Crippen molar-refractivity contribution in [1.29, 1.82) is 0 Å². The first-order chi connectivity index (χ1) is 28.7. The largest absolute Gasteiger partial charge is 0.472 e. The van der Waals surface area contributed by atoms with Gasteiger partial charge in [0.25, 0.3) is 0 Å². The van der Waals surface area contributed by atoms with Gasteiger partial charge < -0.3 is 28.4 Å². The number of aliphatic hydroxyl groups is 1. The number of aryl methyl sites for hydroxylation is 2. The lowest BCUT2D eigenvalue weighted by Crippen LogP contribution is -2.37. The van der Waals surface area contributed by atoms with Crippen molar-refractivity contribution in [2.75, 3.05) is 47.5 Å². The fourth-order valence-electron chi connectivity index (χ4n) is 6.06. The van der Waals surface area contributed by atoms with Crippen LogP contribution in [0.4, 0.5) is 0 Å². The Kier molecular flexibility index (Phi) is 30.7. The molecule has 1 aromatic heterocycles. The number of allylic oxidation sites excluding steroid dienone is 8. The highest BCUT2D eigenvalue weighted by Crippen LogP contribution is 2.43. The third-order valence-electron chi connectivity index (χ3n) is 9.81. The molecule has 0 bridgehead atoms. The van der Waals surface area contributed by atoms with Crippen molar-refractivity contribution in [3.63, 3.8) is 0 Å². The second-order valence-electron chi connectivity index (χ2n) is 16.5. The summed E-state index contributed by atoms with van der Waals surface area (Å²) in [6.45, 7) is 8.30. The van der Waals surface area contributed by atoms with E-state index in [9.17, 15) is 24.2 Å². The van der Waals surface area contributed by atoms with Gasteiger partial charge in [-0.05, 0) is 82.8 Å². The van der Waals surface area contributed by atoms with Crippen molar-refractivity contribution >= 4 is 19.8 Å². The molecule has 1 heterocycles. The first-order valence-corrected chi connectivity index (χ1v) is 24.0. The average Bonchev–Trinajstić information content (AvgIpc) is 3.45. The van der Waals surface area contributed by atoms with Crippen LogP contribution in [-0.4, -0.2) is 86.1 Å². The van der Waals surface area contributed by atoms with Crippen LogP contribution >= 0.6 is 7.82 Å². The number of carbonyl (C=O) groups is 2. The lowest BCUT2D eigenvalue weighted by atomic mass is 10.0. The Labute approximate surface area is 363 Å². The molecule has 1 aromatic rings. The Morgan fingerprint density at radius 1 is 0.733 bits per heavy atom. The Hall–Kier alpha value is -3.05. The van der Waals surface area contributed by atoms with Gasteiger partial charge in [0.2, 0.25) is 0 Å². The van der Waals surface area contributed by atoms with Crippen LogP contribution in [0.25, 0.3) is 0 Å². The summed E-state index contributed by atoms with van der Waals surface area (Å²) in [5, 5.41) is 9.78. The maximum absolute atomic E-state index is 12.7. The van der Waals surface area contributed by atoms with E-state index in [1.165, 1.54) is 24.0 Å². The first kappa shape index (κ1) is 55.0. The fourth-order valence-corrected chi connectivity index (χ4v) is 6.80. The van der Waals surface area contributed by atoms with Crippen LogP contribution in [-0.2, 0) is 45.5 Å². The molecular formula is C48H81NO10P+. The summed E-state index contributed by atoms with van der Waals surface area (Å²) in [6, 6.07) is 0. The van der Waals surface area contributed by atoms with Crippen LogP contribution in [0, 0.1) is 13.8 Å². The molecule has 0 aliphatic carbocycles. The maximum atomic E-state index is 12.7. The molecule has 2 N–H and O–H groups in total. The normalized spacial score (nSPS) is 14.6. The number of nitrogens with zero attached hydrogens (tertiary/aromatic N) is 1. The van der Waals surface area contributed by atoms with E-state index < -0.39 is 38.6 Å². The summed E-state index contributed by atoms with van der Waals surface area (Å²) < 4.78 is 40.4. The fraction of sp³-hybridized carbons (Fsp3) is 0.667. The number of quaternary nitrogens is 1. The molecule has 0 aliphatic rings. The molecule has 12 heteroatoms. The van der Waals surface area contributed by atoms with E-state index in [1.54, 1.807) is 0 Å². The highest BCUT2D eigenvalue weighted by molar-refractivity contribution is 7.47. The summed E-state index contributed by atoms with van der Waals surface area (Å²) in [5.74, 6) is 1.36. The molecule has 0 saturated heterocycles. The quantitative estimate of drug-likeness (QED) is 0.0167. The zero-order valence-electron chi connectivity index (χ0n) is 38.2. The number of phosphoric acid groups is 1. The summed E-state index contributed by atoms with van der Waals surface area (Å²) in [5.41, 5.74) is 2.61. The minimum Gasteiger partial charge on any atom is -0.466 e. The molecule has 11 nitrogen and oxygen atoms in total. The van der Waals surface area contributed by atoms with E-state index in [2.05, 4.69) is 39.0 Å². The van der Waals surface area contributed by atoms with Crippen LogP contribution in [0.3, 0.4) is 0 Å². The molecule has 0 radical (unpaired) electrons. The molecule has 0 fully saturated rings. The van der Waals surface area contributed by atoms with E-state index in [0.717, 1.165) is 82.1 Å². The van der Waals surface area contributed by atoms with Crippen molar-refractivity contribution in [3.05, 3.63) is 83.4 Å². The summed E-state index contributed by atoms with van der Waals surface area (Å²) in [6.07, 6.45) is 34.7. The maximum Gasteiger partial charge on any atom is 0.472 e. The number of rotatable bonds is 36. The lowest BCUT2D eigenvalue weighted by Gasteiger charge is -2.24. The van der Waals surface area contributed by atoms with Gasteiger partial charge in [0.15, 0.2) is 6.10 Å². The number of esters is 2. The first-order valence-electron chi connectivity index (χ1n) is 22.5. The predicted molar refractivity (Wildman–Crippen MR) is 243 cm³/mol. The second-order valence-corrected chi connectivity index (χ2v) is 17.9. The minimum absolute atomic E-state index is 0.00566. The summed E-state index contributed by atoms with van der Waals surface area (Å²) in [4.78, 5) is 35.5. The van der Waals surface area contributed by atoms with Gasteiger partial charge in [0, 0.05) is 25.7 Å². The van der Waals surface area contributed by atoms with Gasteiger partial charge in [-0.15, -0.1) is 0 Å². The number of carbonyl (C=O) groups excluding carboxylic acids is 2. The Morgan fingerprint density at radius 2 is 1.33 bits per heavy atom. The molecule has 0 aliphatic heterocycles. The molecule has 0 spiro atoms. The second kappa shape index (κ2) is 33.6.